The molecule has 0 saturated carbocycles. The molecule has 1 aliphatic heterocycles. The third kappa shape index (κ3) is 4.25. The van der Waals surface area contributed by atoms with Gasteiger partial charge in [-0.25, -0.2) is 0 Å². The van der Waals surface area contributed by atoms with E-state index in [4.69, 9.17) is 9.47 Å². The highest BCUT2D eigenvalue weighted by molar-refractivity contribution is 6.08. The maximum Gasteiger partial charge on any atom is 0.290 e. The molecule has 1 aromatic carbocycles. The molecule has 0 saturated heterocycles. The summed E-state index contributed by atoms with van der Waals surface area (Å²) in [5.74, 6) is -0.512. The van der Waals surface area contributed by atoms with Crippen molar-refractivity contribution >= 4 is 11.7 Å². The lowest BCUT2D eigenvalue weighted by Gasteiger charge is -2.27. The smallest absolute Gasteiger partial charge is 0.290 e. The summed E-state index contributed by atoms with van der Waals surface area (Å²) in [5.41, 5.74) is 0.915. The molecule has 26 heavy (non-hydrogen) atoms. The fourth-order valence-corrected chi connectivity index (χ4v) is 3.01. The zero-order chi connectivity index (χ0) is 19.3. The molecule has 1 amide bonds. The largest absolute Gasteiger partial charge is 0.503 e. The lowest BCUT2D eigenvalue weighted by molar-refractivity contribution is -0.130. The van der Waals surface area contributed by atoms with Gasteiger partial charge in [0.05, 0.1) is 30.9 Å². The van der Waals surface area contributed by atoms with Crippen molar-refractivity contribution in [1.82, 2.24) is 4.90 Å². The van der Waals surface area contributed by atoms with E-state index in [-0.39, 0.29) is 23.9 Å². The molecule has 142 valence electrons. The van der Waals surface area contributed by atoms with Crippen molar-refractivity contribution in [3.05, 3.63) is 41.2 Å². The van der Waals surface area contributed by atoms with Crippen LogP contribution < -0.4 is 4.74 Å². The van der Waals surface area contributed by atoms with Gasteiger partial charge in [-0.2, -0.15) is 0 Å². The monoisotopic (exact) mass is 361 g/mol. The molecule has 0 fully saturated rings. The van der Waals surface area contributed by atoms with Crippen molar-refractivity contribution in [2.24, 2.45) is 0 Å². The van der Waals surface area contributed by atoms with Crippen LogP contribution in [0.25, 0.3) is 0 Å². The van der Waals surface area contributed by atoms with Crippen LogP contribution in [-0.2, 0) is 14.3 Å². The second-order valence-corrected chi connectivity index (χ2v) is 6.36. The number of benzene rings is 1. The van der Waals surface area contributed by atoms with Gasteiger partial charge < -0.3 is 19.5 Å². The first kappa shape index (κ1) is 20.0. The highest BCUT2D eigenvalue weighted by Gasteiger charge is 2.42. The van der Waals surface area contributed by atoms with E-state index in [1.54, 1.807) is 19.1 Å². The Morgan fingerprint density at radius 2 is 1.88 bits per heavy atom. The number of Topliss-reactive ketones (excluding diaryl/α,β-unsaturated/α-hetero) is 1. The third-order valence-electron chi connectivity index (χ3n) is 4.22. The summed E-state index contributed by atoms with van der Waals surface area (Å²) in [6.45, 7) is 8.62. The Morgan fingerprint density at radius 1 is 1.23 bits per heavy atom. The Bertz CT molecular complexity index is 678. The summed E-state index contributed by atoms with van der Waals surface area (Å²) in [7, 11) is 0. The van der Waals surface area contributed by atoms with Crippen molar-refractivity contribution < 1.29 is 24.2 Å². The second kappa shape index (κ2) is 8.85. The van der Waals surface area contributed by atoms with Crippen LogP contribution >= 0.6 is 0 Å². The predicted molar refractivity (Wildman–Crippen MR) is 98.1 cm³/mol. The van der Waals surface area contributed by atoms with Crippen molar-refractivity contribution in [2.45, 2.75) is 46.3 Å². The predicted octanol–water partition coefficient (Wildman–Crippen LogP) is 3.18. The molecular weight excluding hydrogens is 334 g/mol. The van der Waals surface area contributed by atoms with Crippen LogP contribution in [-0.4, -0.2) is 47.6 Å². The summed E-state index contributed by atoms with van der Waals surface area (Å²) in [4.78, 5) is 26.4. The molecule has 1 heterocycles. The van der Waals surface area contributed by atoms with Gasteiger partial charge in [-0.05, 0) is 38.5 Å². The summed E-state index contributed by atoms with van der Waals surface area (Å²) in [6, 6.07) is 6.63. The van der Waals surface area contributed by atoms with Gasteiger partial charge in [-0.15, -0.1) is 0 Å². The maximum atomic E-state index is 12.6. The quantitative estimate of drug-likeness (QED) is 0.731. The van der Waals surface area contributed by atoms with Crippen molar-refractivity contribution in [2.75, 3.05) is 19.8 Å². The average Bonchev–Trinajstić information content (AvgIpc) is 2.87. The number of rotatable bonds is 9. The summed E-state index contributed by atoms with van der Waals surface area (Å²) < 4.78 is 11.0. The van der Waals surface area contributed by atoms with Crippen molar-refractivity contribution in [3.8, 4) is 5.75 Å². The van der Waals surface area contributed by atoms with Gasteiger partial charge in [-0.1, -0.05) is 19.1 Å². The zero-order valence-electron chi connectivity index (χ0n) is 15.8. The number of carbonyl (C=O) groups excluding carboxylic acids is 2. The maximum absolute atomic E-state index is 12.6. The minimum Gasteiger partial charge on any atom is -0.503 e. The molecule has 6 nitrogen and oxygen atoms in total. The molecule has 0 aromatic heterocycles. The molecule has 2 rings (SSSR count). The van der Waals surface area contributed by atoms with Crippen LogP contribution in [0.15, 0.2) is 35.6 Å². The molecule has 0 bridgehead atoms. The lowest BCUT2D eigenvalue weighted by atomic mass is 9.95. The van der Waals surface area contributed by atoms with E-state index in [2.05, 4.69) is 0 Å². The highest BCUT2D eigenvalue weighted by atomic mass is 16.5. The Balaban J connectivity index is 2.35. The van der Waals surface area contributed by atoms with Crippen molar-refractivity contribution in [3.63, 3.8) is 0 Å². The summed E-state index contributed by atoms with van der Waals surface area (Å²) >= 11 is 0. The molecule has 0 spiro atoms. The molecule has 1 N–H and O–H groups in total. The van der Waals surface area contributed by atoms with Crippen LogP contribution in [0, 0.1) is 0 Å². The number of ether oxygens (including phenoxy) is 2. The van der Waals surface area contributed by atoms with Gasteiger partial charge in [0.25, 0.3) is 5.91 Å². The number of amides is 1. The van der Waals surface area contributed by atoms with Gasteiger partial charge >= 0.3 is 0 Å². The zero-order valence-corrected chi connectivity index (χ0v) is 15.8. The fraction of sp³-hybridized carbons (Fsp3) is 0.500. The normalized spacial score (nSPS) is 17.3. The molecule has 6 heteroatoms. The number of ketones is 1. The molecule has 0 aliphatic carbocycles. The van der Waals surface area contributed by atoms with Crippen LogP contribution in [0.2, 0.25) is 0 Å². The molecule has 1 atom stereocenters. The van der Waals surface area contributed by atoms with Crippen LogP contribution in [0.5, 0.6) is 5.75 Å². The first-order chi connectivity index (χ1) is 12.4. The van der Waals surface area contributed by atoms with E-state index < -0.39 is 17.7 Å². The summed E-state index contributed by atoms with van der Waals surface area (Å²) in [5, 5.41) is 10.3. The third-order valence-corrected chi connectivity index (χ3v) is 4.22. The number of aliphatic hydroxyl groups is 1. The van der Waals surface area contributed by atoms with E-state index in [9.17, 15) is 14.7 Å². The van der Waals surface area contributed by atoms with Gasteiger partial charge in [0, 0.05) is 13.0 Å². The Morgan fingerprint density at radius 3 is 2.42 bits per heavy atom. The van der Waals surface area contributed by atoms with Gasteiger partial charge in [0.1, 0.15) is 5.75 Å². The lowest BCUT2D eigenvalue weighted by Crippen LogP contribution is -2.34. The van der Waals surface area contributed by atoms with E-state index in [0.29, 0.717) is 25.5 Å². The fourth-order valence-electron chi connectivity index (χ4n) is 3.01. The number of nitrogens with zero attached hydrogens (tertiary/aromatic N) is 1. The average molecular weight is 361 g/mol. The Hall–Kier alpha value is -2.34. The van der Waals surface area contributed by atoms with Gasteiger partial charge in [0.15, 0.2) is 11.5 Å². The second-order valence-electron chi connectivity index (χ2n) is 6.36. The molecule has 1 aromatic rings. The standard InChI is InChI=1S/C20H27NO5/c1-5-16(22)17-18(14-7-9-15(10-8-14)25-6-2)21(20(24)19(17)23)11-12-26-13(3)4/h7-10,13,18,23H,5-6,11-12H2,1-4H3. The van der Waals surface area contributed by atoms with E-state index in [0.717, 1.165) is 5.56 Å². The van der Waals surface area contributed by atoms with E-state index in [1.807, 2.05) is 32.9 Å². The van der Waals surface area contributed by atoms with Crippen LogP contribution in [0.4, 0.5) is 0 Å². The number of aliphatic hydroxyl groups excluding tert-OH is 1. The topological polar surface area (TPSA) is 76.1 Å². The minimum absolute atomic E-state index is 0.0370. The van der Waals surface area contributed by atoms with E-state index >= 15 is 0 Å². The van der Waals surface area contributed by atoms with Crippen LogP contribution in [0.3, 0.4) is 0 Å². The number of hydrogen-bond acceptors (Lipinski definition) is 5. The number of hydrogen-bond donors (Lipinski definition) is 1. The van der Waals surface area contributed by atoms with Gasteiger partial charge in [0.2, 0.25) is 0 Å². The summed E-state index contributed by atoms with van der Waals surface area (Å²) in [6.07, 6.45) is 0.256. The Kier molecular flexibility index (Phi) is 6.80. The minimum atomic E-state index is -0.610. The van der Waals surface area contributed by atoms with Gasteiger partial charge in [-0.3, -0.25) is 9.59 Å². The van der Waals surface area contributed by atoms with Crippen LogP contribution in [0.1, 0.15) is 45.7 Å². The SMILES string of the molecule is CCOc1ccc(C2C(C(=O)CC)=C(O)C(=O)N2CCOC(C)C)cc1. The molecule has 1 aliphatic rings. The Labute approximate surface area is 154 Å². The van der Waals surface area contributed by atoms with E-state index in [1.165, 1.54) is 4.90 Å². The first-order valence-electron chi connectivity index (χ1n) is 9.02. The highest BCUT2D eigenvalue weighted by Crippen LogP contribution is 2.38. The first-order valence-corrected chi connectivity index (χ1v) is 9.02. The number of carbonyl (C=O) groups is 2. The van der Waals surface area contributed by atoms with Crippen molar-refractivity contribution in [1.29, 1.82) is 0 Å². The molecular formula is C20H27NO5. The molecule has 1 unspecified atom stereocenters. The molecule has 0 radical (unpaired) electrons.